The fourth-order valence-corrected chi connectivity index (χ4v) is 7.85. The predicted molar refractivity (Wildman–Crippen MR) is 241 cm³/mol. The maximum absolute atomic E-state index is 12.5. The van der Waals surface area contributed by atoms with Gasteiger partial charge < -0.3 is 28.9 Å². The van der Waals surface area contributed by atoms with E-state index in [0.29, 0.717) is 24.2 Å². The fourth-order valence-electron chi connectivity index (χ4n) is 7.85. The smallest absolute Gasteiger partial charge is 0.305 e. The second-order valence-corrected chi connectivity index (χ2v) is 15.0. The fraction of sp³-hybridized carbons (Fsp3) is 0.240. The quantitative estimate of drug-likeness (QED) is 0.119. The number of fused-ring (bicyclic) bond motifs is 8. The van der Waals surface area contributed by atoms with Gasteiger partial charge in [-0.25, -0.2) is 9.97 Å². The topological polar surface area (TPSA) is 128 Å². The van der Waals surface area contributed by atoms with Crippen LogP contribution in [-0.2, 0) is 19.1 Å². The zero-order valence-electron chi connectivity index (χ0n) is 35.5. The predicted octanol–water partition coefficient (Wildman–Crippen LogP) is 10.9. The van der Waals surface area contributed by atoms with Crippen molar-refractivity contribution in [2.45, 2.75) is 53.4 Å². The van der Waals surface area contributed by atoms with Crippen LogP contribution in [0.1, 0.15) is 95.7 Å². The van der Waals surface area contributed by atoms with E-state index in [0.717, 1.165) is 106 Å². The highest BCUT2D eigenvalue weighted by Gasteiger charge is 2.23. The second kappa shape index (κ2) is 17.5. The van der Waals surface area contributed by atoms with Crippen molar-refractivity contribution in [1.82, 2.24) is 19.9 Å². The zero-order valence-corrected chi connectivity index (χ0v) is 35.5. The minimum absolute atomic E-state index is 0.193. The number of ether oxygens (including phenoxy) is 4. The van der Waals surface area contributed by atoms with Crippen molar-refractivity contribution in [3.05, 3.63) is 136 Å². The van der Waals surface area contributed by atoms with Crippen LogP contribution in [0.4, 0.5) is 0 Å². The summed E-state index contributed by atoms with van der Waals surface area (Å²) in [5.41, 5.74) is 17.1. The normalized spacial score (nSPS) is 12.6. The van der Waals surface area contributed by atoms with Gasteiger partial charge in [-0.1, -0.05) is 43.0 Å². The average molecular weight is 803 g/mol. The summed E-state index contributed by atoms with van der Waals surface area (Å²) in [7, 11) is 6.11. The third-order valence-corrected chi connectivity index (χ3v) is 11.5. The molecule has 0 saturated heterocycles. The summed E-state index contributed by atoms with van der Waals surface area (Å²) in [6.45, 7) is 12.9. The third kappa shape index (κ3) is 8.31. The van der Waals surface area contributed by atoms with Crippen LogP contribution in [0.25, 0.3) is 62.1 Å². The Morgan fingerprint density at radius 3 is 1.63 bits per heavy atom. The van der Waals surface area contributed by atoms with E-state index in [1.165, 1.54) is 14.2 Å². The second-order valence-electron chi connectivity index (χ2n) is 15.0. The van der Waals surface area contributed by atoms with E-state index in [2.05, 4.69) is 60.7 Å². The SMILES string of the molecule is C=C(c1ccc(OC)cc1)c1c(C)c2cc3nc(cc4nc(cc5[nH]c(cc1[nH]2)c(C)c5/C=C/c1ccc(OC)cc1)C(C)=C4CCC(=O)OC)C(CCC(=O)OC)=C3C. The number of hydrogen-bond acceptors (Lipinski definition) is 8. The van der Waals surface area contributed by atoms with Crippen LogP contribution in [0.5, 0.6) is 11.5 Å². The summed E-state index contributed by atoms with van der Waals surface area (Å²) in [6.07, 6.45) is 5.46. The van der Waals surface area contributed by atoms with Crippen LogP contribution >= 0.6 is 0 Å². The van der Waals surface area contributed by atoms with E-state index in [1.54, 1.807) is 14.2 Å². The van der Waals surface area contributed by atoms with Crippen molar-refractivity contribution in [2.24, 2.45) is 0 Å². The number of aromatic amines is 2. The molecule has 3 aromatic heterocycles. The molecule has 0 fully saturated rings. The first-order chi connectivity index (χ1) is 28.9. The Hall–Kier alpha value is -6.94. The molecule has 0 unspecified atom stereocenters. The molecule has 2 aliphatic rings. The van der Waals surface area contributed by atoms with Gasteiger partial charge in [-0.05, 0) is 139 Å². The van der Waals surface area contributed by atoms with Crippen molar-refractivity contribution in [3.63, 3.8) is 0 Å². The number of nitrogens with one attached hydrogen (secondary N) is 2. The molecule has 2 N–H and O–H groups in total. The van der Waals surface area contributed by atoms with Crippen LogP contribution in [-0.4, -0.2) is 60.3 Å². The van der Waals surface area contributed by atoms with E-state index < -0.39 is 0 Å². The molecule has 2 aromatic carbocycles. The summed E-state index contributed by atoms with van der Waals surface area (Å²) in [4.78, 5) is 42.8. The molecule has 0 aliphatic carbocycles. The first-order valence-corrected chi connectivity index (χ1v) is 19.9. The monoisotopic (exact) mass is 802 g/mol. The Labute approximate surface area is 350 Å². The molecule has 0 spiro atoms. The number of benzene rings is 2. The summed E-state index contributed by atoms with van der Waals surface area (Å²) in [6, 6.07) is 24.1. The molecule has 0 radical (unpaired) electrons. The maximum Gasteiger partial charge on any atom is 0.305 e. The van der Waals surface area contributed by atoms with Crippen LogP contribution in [0.3, 0.4) is 0 Å². The first-order valence-electron chi connectivity index (χ1n) is 19.9. The lowest BCUT2D eigenvalue weighted by molar-refractivity contribution is -0.141. The first kappa shape index (κ1) is 41.2. The summed E-state index contributed by atoms with van der Waals surface area (Å²) >= 11 is 0. The zero-order chi connectivity index (χ0) is 42.7. The highest BCUT2D eigenvalue weighted by atomic mass is 16.5. The lowest BCUT2D eigenvalue weighted by atomic mass is 9.96. The Morgan fingerprint density at radius 2 is 1.10 bits per heavy atom. The van der Waals surface area contributed by atoms with Crippen LogP contribution in [0.15, 0.2) is 79.4 Å². The lowest BCUT2D eigenvalue weighted by Gasteiger charge is -2.08. The number of esters is 2. The molecule has 2 aliphatic heterocycles. The number of aryl methyl sites for hydroxylation is 2. The standard InChI is InChI=1S/C50H50N4O6/c1-28(34-13-17-36(58-7)18-14-34)50-32(5)43-24-40-30(3)38(20-22-48(55)59-8)45(51-40)27-46-39(21-23-49(56)60-9)31(4)41(52-46)25-44-37(29(2)42(53-44)26-47(50)54-43)19-12-33-10-15-35(57-6)16-11-33/h10-19,24-27,53-54H,1,20-23H2,2-9H3/b19-12+,40-24?,41-25?,42-26?,43-24?,44-25?,45-27?,46-27?,47-26?. The van der Waals surface area contributed by atoms with Gasteiger partial charge in [-0.3, -0.25) is 9.59 Å². The van der Waals surface area contributed by atoms with Crippen LogP contribution in [0, 0.1) is 13.8 Å². The van der Waals surface area contributed by atoms with Gasteiger partial charge in [0.1, 0.15) is 11.5 Å². The van der Waals surface area contributed by atoms with Gasteiger partial charge in [-0.2, -0.15) is 0 Å². The molecule has 5 heterocycles. The van der Waals surface area contributed by atoms with Crippen molar-refractivity contribution < 1.29 is 28.5 Å². The number of methoxy groups -OCH3 is 4. The summed E-state index contributed by atoms with van der Waals surface area (Å²) in [5.74, 6) is 0.950. The molecule has 7 rings (SSSR count). The number of nitrogens with zero attached hydrogens (tertiary/aromatic N) is 2. The van der Waals surface area contributed by atoms with Crippen molar-refractivity contribution in [3.8, 4) is 11.5 Å². The Bertz CT molecular complexity index is 2780. The van der Waals surface area contributed by atoms with Gasteiger partial charge in [0.2, 0.25) is 0 Å². The molecule has 0 atom stereocenters. The number of hydrogen-bond donors (Lipinski definition) is 2. The van der Waals surface area contributed by atoms with Gasteiger partial charge >= 0.3 is 11.9 Å². The molecular formula is C50H50N4O6. The Balaban J connectivity index is 1.55. The van der Waals surface area contributed by atoms with E-state index in [1.807, 2.05) is 68.4 Å². The number of aromatic nitrogens is 4. The Kier molecular flexibility index (Phi) is 12.0. The van der Waals surface area contributed by atoms with Gasteiger partial charge in [0.05, 0.1) is 51.2 Å². The molecule has 10 nitrogen and oxygen atoms in total. The van der Waals surface area contributed by atoms with Gasteiger partial charge in [0, 0.05) is 46.0 Å². The van der Waals surface area contributed by atoms with Crippen LogP contribution < -0.4 is 9.47 Å². The molecule has 0 amide bonds. The average Bonchev–Trinajstić information content (AvgIpc) is 3.93. The van der Waals surface area contributed by atoms with E-state index >= 15 is 0 Å². The summed E-state index contributed by atoms with van der Waals surface area (Å²) < 4.78 is 20.9. The van der Waals surface area contributed by atoms with Gasteiger partial charge in [-0.15, -0.1) is 0 Å². The molecule has 10 heteroatoms. The van der Waals surface area contributed by atoms with Crippen LogP contribution in [0.2, 0.25) is 0 Å². The minimum Gasteiger partial charge on any atom is -0.497 e. The number of carbonyl (C=O) groups excluding carboxylic acids is 2. The minimum atomic E-state index is -0.303. The highest BCUT2D eigenvalue weighted by molar-refractivity contribution is 5.99. The number of H-pyrrole nitrogens is 2. The van der Waals surface area contributed by atoms with Crippen molar-refractivity contribution in [2.75, 3.05) is 28.4 Å². The largest absolute Gasteiger partial charge is 0.497 e. The maximum atomic E-state index is 12.5. The Morgan fingerprint density at radius 1 is 0.600 bits per heavy atom. The molecule has 5 aromatic rings. The molecule has 306 valence electrons. The van der Waals surface area contributed by atoms with Crippen molar-refractivity contribution >= 4 is 74.0 Å². The van der Waals surface area contributed by atoms with E-state index in [4.69, 9.17) is 28.9 Å². The number of rotatable bonds is 12. The van der Waals surface area contributed by atoms with Crippen molar-refractivity contribution in [1.29, 1.82) is 0 Å². The number of allylic oxidation sites excluding steroid dienone is 4. The molecule has 8 bridgehead atoms. The molecule has 60 heavy (non-hydrogen) atoms. The summed E-state index contributed by atoms with van der Waals surface area (Å²) in [5, 5.41) is 0. The highest BCUT2D eigenvalue weighted by Crippen LogP contribution is 2.39. The number of carbonyl (C=O) groups is 2. The van der Waals surface area contributed by atoms with Gasteiger partial charge in [0.15, 0.2) is 0 Å². The lowest BCUT2D eigenvalue weighted by Crippen LogP contribution is -2.01. The van der Waals surface area contributed by atoms with E-state index in [-0.39, 0.29) is 24.8 Å². The van der Waals surface area contributed by atoms with E-state index in [9.17, 15) is 9.59 Å². The molecular weight excluding hydrogens is 753 g/mol. The third-order valence-electron chi connectivity index (χ3n) is 11.5. The van der Waals surface area contributed by atoms with Gasteiger partial charge in [0.25, 0.3) is 0 Å². The molecule has 0 saturated carbocycles.